The average Bonchev–Trinajstić information content (AvgIpc) is 2.63. The van der Waals surface area contributed by atoms with Gasteiger partial charge in [-0.25, -0.2) is 0 Å². The minimum Gasteiger partial charge on any atom is -0.388 e. The lowest BCUT2D eigenvalue weighted by molar-refractivity contribution is 0.463. The second kappa shape index (κ2) is 9.61. The zero-order valence-electron chi connectivity index (χ0n) is 16.0. The average molecular weight is 480 g/mol. The molecular weight excluding hydrogens is 452 g/mol. The van der Waals surface area contributed by atoms with Gasteiger partial charge in [0.15, 0.2) is 0 Å². The van der Waals surface area contributed by atoms with E-state index in [1.807, 2.05) is 7.05 Å². The highest BCUT2D eigenvalue weighted by atomic mass is 79.9. The largest absolute Gasteiger partial charge is 0.388 e. The number of anilines is 2. The molecule has 140 valence electrons. The summed E-state index contributed by atoms with van der Waals surface area (Å²) in [6.07, 6.45) is 6.56. The Balaban J connectivity index is 2.23. The quantitative estimate of drug-likeness (QED) is 0.410. The number of nitrogens with one attached hydrogen (secondary N) is 2. The van der Waals surface area contributed by atoms with Gasteiger partial charge in [-0.2, -0.15) is 0 Å². The maximum absolute atomic E-state index is 3.68. The molecule has 2 aromatic rings. The highest BCUT2D eigenvalue weighted by Crippen LogP contribution is 2.38. The molecule has 2 aromatic carbocycles. The summed E-state index contributed by atoms with van der Waals surface area (Å²) in [6, 6.07) is 12.9. The van der Waals surface area contributed by atoms with Gasteiger partial charge < -0.3 is 10.6 Å². The maximum Gasteiger partial charge on any atom is 0.0376 e. The SMILES string of the molecule is CCNc1ccc(/C=C/CC(C)(CC)c2cc(Br)ccc2NC)c(Br)c1. The Morgan fingerprint density at radius 2 is 1.85 bits per heavy atom. The Kier molecular flexibility index (Phi) is 7.78. The van der Waals surface area contributed by atoms with Crippen LogP contribution in [0.4, 0.5) is 11.4 Å². The van der Waals surface area contributed by atoms with Gasteiger partial charge in [0.1, 0.15) is 0 Å². The van der Waals surface area contributed by atoms with Gasteiger partial charge in [-0.3, -0.25) is 0 Å². The first kappa shape index (κ1) is 21.0. The molecule has 2 rings (SSSR count). The first-order chi connectivity index (χ1) is 12.4. The first-order valence-corrected chi connectivity index (χ1v) is 10.7. The summed E-state index contributed by atoms with van der Waals surface area (Å²) in [7, 11) is 1.99. The van der Waals surface area contributed by atoms with Crippen LogP contribution in [0.25, 0.3) is 6.08 Å². The van der Waals surface area contributed by atoms with Crippen LogP contribution >= 0.6 is 31.9 Å². The number of halogens is 2. The lowest BCUT2D eigenvalue weighted by Gasteiger charge is -2.30. The van der Waals surface area contributed by atoms with Gasteiger partial charge in [0, 0.05) is 33.9 Å². The van der Waals surface area contributed by atoms with Crippen LogP contribution in [-0.2, 0) is 5.41 Å². The zero-order valence-corrected chi connectivity index (χ0v) is 19.2. The summed E-state index contributed by atoms with van der Waals surface area (Å²) in [5.74, 6) is 0. The van der Waals surface area contributed by atoms with E-state index in [1.54, 1.807) is 0 Å². The number of hydrogen-bond acceptors (Lipinski definition) is 2. The van der Waals surface area contributed by atoms with Crippen molar-refractivity contribution in [2.75, 3.05) is 24.2 Å². The van der Waals surface area contributed by atoms with Gasteiger partial charge in [0.2, 0.25) is 0 Å². The lowest BCUT2D eigenvalue weighted by atomic mass is 9.76. The van der Waals surface area contributed by atoms with Crippen LogP contribution in [0.1, 0.15) is 44.7 Å². The lowest BCUT2D eigenvalue weighted by Crippen LogP contribution is -2.21. The molecule has 0 aliphatic heterocycles. The molecule has 0 saturated heterocycles. The van der Waals surface area contributed by atoms with Crippen LogP contribution in [-0.4, -0.2) is 13.6 Å². The number of benzene rings is 2. The standard InChI is InChI=1S/C22H28Br2N2/c1-5-22(3,19-14-17(23)10-12-21(19)25-4)13-7-8-16-9-11-18(26-6-2)15-20(16)24/h7-12,14-15,25-26H,5-6,13H2,1-4H3/b8-7+. The van der Waals surface area contributed by atoms with Crippen molar-refractivity contribution in [1.82, 2.24) is 0 Å². The van der Waals surface area contributed by atoms with Crippen molar-refractivity contribution < 1.29 is 0 Å². The van der Waals surface area contributed by atoms with E-state index in [1.165, 1.54) is 16.8 Å². The second-order valence-corrected chi connectivity index (χ2v) is 8.50. The molecule has 0 radical (unpaired) electrons. The first-order valence-electron chi connectivity index (χ1n) is 9.11. The van der Waals surface area contributed by atoms with Gasteiger partial charge in [-0.05, 0) is 66.6 Å². The molecule has 0 aliphatic rings. The van der Waals surface area contributed by atoms with E-state index in [9.17, 15) is 0 Å². The minimum atomic E-state index is 0.0782. The fourth-order valence-electron chi connectivity index (χ4n) is 3.10. The van der Waals surface area contributed by atoms with Crippen LogP contribution in [0.2, 0.25) is 0 Å². The Labute approximate surface area is 174 Å². The molecule has 2 N–H and O–H groups in total. The van der Waals surface area contributed by atoms with Crippen LogP contribution in [0, 0.1) is 0 Å². The third kappa shape index (κ3) is 5.14. The molecule has 0 aromatic heterocycles. The second-order valence-electron chi connectivity index (χ2n) is 6.73. The molecule has 1 unspecified atom stereocenters. The Hall–Kier alpha value is -1.26. The van der Waals surface area contributed by atoms with E-state index in [0.717, 1.165) is 34.0 Å². The van der Waals surface area contributed by atoms with Crippen LogP contribution in [0.3, 0.4) is 0 Å². The smallest absolute Gasteiger partial charge is 0.0376 e. The topological polar surface area (TPSA) is 24.1 Å². The summed E-state index contributed by atoms with van der Waals surface area (Å²) in [5, 5.41) is 6.68. The molecule has 2 nitrogen and oxygen atoms in total. The number of hydrogen-bond donors (Lipinski definition) is 2. The van der Waals surface area contributed by atoms with Crippen LogP contribution < -0.4 is 10.6 Å². The third-order valence-corrected chi connectivity index (χ3v) is 6.11. The Bertz CT molecular complexity index is 771. The highest BCUT2D eigenvalue weighted by molar-refractivity contribution is 9.10. The molecule has 0 aliphatic carbocycles. The fourth-order valence-corrected chi connectivity index (χ4v) is 3.97. The molecule has 0 saturated carbocycles. The van der Waals surface area contributed by atoms with Crippen molar-refractivity contribution >= 4 is 49.3 Å². The molecule has 0 fully saturated rings. The minimum absolute atomic E-state index is 0.0782. The van der Waals surface area contributed by atoms with E-state index >= 15 is 0 Å². The van der Waals surface area contributed by atoms with Crippen LogP contribution in [0.15, 0.2) is 51.4 Å². The maximum atomic E-state index is 3.68. The monoisotopic (exact) mass is 478 g/mol. The molecule has 0 spiro atoms. The molecule has 1 atom stereocenters. The molecule has 0 amide bonds. The zero-order chi connectivity index (χ0) is 19.2. The summed E-state index contributed by atoms with van der Waals surface area (Å²) in [6.45, 7) is 7.63. The van der Waals surface area contributed by atoms with E-state index in [-0.39, 0.29) is 5.41 Å². The number of rotatable bonds is 8. The fraction of sp³-hybridized carbons (Fsp3) is 0.364. The molecular formula is C22H28Br2N2. The van der Waals surface area contributed by atoms with Crippen molar-refractivity contribution in [3.8, 4) is 0 Å². The summed E-state index contributed by atoms with van der Waals surface area (Å²) in [5.41, 5.74) is 4.97. The van der Waals surface area contributed by atoms with E-state index in [0.29, 0.717) is 0 Å². The third-order valence-electron chi connectivity index (χ3n) is 4.93. The highest BCUT2D eigenvalue weighted by Gasteiger charge is 2.26. The van der Waals surface area contributed by atoms with Crippen LogP contribution in [0.5, 0.6) is 0 Å². The summed E-state index contributed by atoms with van der Waals surface area (Å²) >= 11 is 7.31. The van der Waals surface area contributed by atoms with Gasteiger partial charge in [-0.15, -0.1) is 0 Å². The normalized spacial score (nSPS) is 13.6. The molecule has 26 heavy (non-hydrogen) atoms. The van der Waals surface area contributed by atoms with E-state index < -0.39 is 0 Å². The summed E-state index contributed by atoms with van der Waals surface area (Å²) < 4.78 is 2.24. The number of allylic oxidation sites excluding steroid dienone is 1. The van der Waals surface area contributed by atoms with Gasteiger partial charge in [0.25, 0.3) is 0 Å². The van der Waals surface area contributed by atoms with Crippen molar-refractivity contribution in [2.24, 2.45) is 0 Å². The molecule has 4 heteroatoms. The predicted octanol–water partition coefficient (Wildman–Crippen LogP) is 7.46. The van der Waals surface area contributed by atoms with Crippen molar-refractivity contribution in [1.29, 1.82) is 0 Å². The van der Waals surface area contributed by atoms with E-state index in [4.69, 9.17) is 0 Å². The van der Waals surface area contributed by atoms with Crippen molar-refractivity contribution in [3.63, 3.8) is 0 Å². The molecule has 0 bridgehead atoms. The predicted molar refractivity (Wildman–Crippen MR) is 123 cm³/mol. The Morgan fingerprint density at radius 1 is 1.08 bits per heavy atom. The van der Waals surface area contributed by atoms with E-state index in [2.05, 4.69) is 112 Å². The molecule has 0 heterocycles. The Morgan fingerprint density at radius 3 is 2.46 bits per heavy atom. The van der Waals surface area contributed by atoms with Crippen molar-refractivity contribution in [3.05, 3.63) is 62.5 Å². The van der Waals surface area contributed by atoms with Gasteiger partial charge in [0.05, 0.1) is 0 Å². The summed E-state index contributed by atoms with van der Waals surface area (Å²) in [4.78, 5) is 0. The van der Waals surface area contributed by atoms with Gasteiger partial charge >= 0.3 is 0 Å². The van der Waals surface area contributed by atoms with Gasteiger partial charge in [-0.1, -0.05) is 63.9 Å². The van der Waals surface area contributed by atoms with Crippen molar-refractivity contribution in [2.45, 2.75) is 39.0 Å².